The summed E-state index contributed by atoms with van der Waals surface area (Å²) in [6.45, 7) is 0.905. The van der Waals surface area contributed by atoms with E-state index < -0.39 is 11.4 Å². The summed E-state index contributed by atoms with van der Waals surface area (Å²) in [6, 6.07) is 12.3. The van der Waals surface area contributed by atoms with Gasteiger partial charge in [-0.15, -0.1) is 0 Å². The molecule has 32 heavy (non-hydrogen) atoms. The van der Waals surface area contributed by atoms with Crippen LogP contribution < -0.4 is 9.47 Å². The SMILES string of the molecule is COc1ccc2c(c1F)C(=O)CC1(CCN(C(=O)c3cccc(-c4ccn[nH]4)c3)CC1)O2. The van der Waals surface area contributed by atoms with E-state index in [9.17, 15) is 14.0 Å². The molecule has 2 aliphatic rings. The molecule has 1 aromatic heterocycles. The molecule has 0 aliphatic carbocycles. The van der Waals surface area contributed by atoms with Crippen LogP contribution in [0, 0.1) is 5.82 Å². The average Bonchev–Trinajstić information content (AvgIpc) is 3.34. The maximum Gasteiger partial charge on any atom is 0.253 e. The van der Waals surface area contributed by atoms with Crippen LogP contribution >= 0.6 is 0 Å². The normalized spacial score (nSPS) is 17.1. The highest BCUT2D eigenvalue weighted by atomic mass is 19.1. The lowest BCUT2D eigenvalue weighted by atomic mass is 9.82. The van der Waals surface area contributed by atoms with Gasteiger partial charge < -0.3 is 14.4 Å². The number of aromatic nitrogens is 2. The van der Waals surface area contributed by atoms with E-state index >= 15 is 0 Å². The second-order valence-corrected chi connectivity index (χ2v) is 8.18. The number of hydrogen-bond donors (Lipinski definition) is 1. The van der Waals surface area contributed by atoms with E-state index in [-0.39, 0.29) is 35.2 Å². The lowest BCUT2D eigenvalue weighted by molar-refractivity contribution is -0.00628. The molecule has 164 valence electrons. The summed E-state index contributed by atoms with van der Waals surface area (Å²) in [4.78, 5) is 27.6. The van der Waals surface area contributed by atoms with Gasteiger partial charge in [-0.25, -0.2) is 4.39 Å². The number of amides is 1. The van der Waals surface area contributed by atoms with Crippen LogP contribution in [0.5, 0.6) is 11.5 Å². The van der Waals surface area contributed by atoms with E-state index in [0.29, 0.717) is 31.5 Å². The zero-order chi connectivity index (χ0) is 22.3. The number of fused-ring (bicyclic) bond motifs is 1. The number of carbonyl (C=O) groups excluding carboxylic acids is 2. The predicted octanol–water partition coefficient (Wildman–Crippen LogP) is 3.86. The maximum atomic E-state index is 14.6. The van der Waals surface area contributed by atoms with Gasteiger partial charge >= 0.3 is 0 Å². The number of Topliss-reactive ketones (excluding diaryl/α,β-unsaturated/α-hetero) is 1. The van der Waals surface area contributed by atoms with E-state index in [1.54, 1.807) is 23.2 Å². The molecule has 5 rings (SSSR count). The highest BCUT2D eigenvalue weighted by Gasteiger charge is 2.45. The molecule has 1 spiro atoms. The van der Waals surface area contributed by atoms with Gasteiger partial charge in [0, 0.05) is 43.3 Å². The number of rotatable bonds is 3. The first-order valence-electron chi connectivity index (χ1n) is 10.5. The first-order chi connectivity index (χ1) is 15.5. The van der Waals surface area contributed by atoms with Gasteiger partial charge in [-0.05, 0) is 30.3 Å². The number of nitrogens with one attached hydrogen (secondary N) is 1. The summed E-state index contributed by atoms with van der Waals surface area (Å²) in [7, 11) is 1.36. The van der Waals surface area contributed by atoms with E-state index in [2.05, 4.69) is 10.2 Å². The number of hydrogen-bond acceptors (Lipinski definition) is 5. The smallest absolute Gasteiger partial charge is 0.253 e. The Hall–Kier alpha value is -3.68. The summed E-state index contributed by atoms with van der Waals surface area (Å²) in [6.07, 6.45) is 2.75. The third-order valence-corrected chi connectivity index (χ3v) is 6.26. The summed E-state index contributed by atoms with van der Waals surface area (Å²) >= 11 is 0. The molecule has 0 atom stereocenters. The summed E-state index contributed by atoms with van der Waals surface area (Å²) in [5.41, 5.74) is 1.54. The number of nitrogens with zero attached hydrogens (tertiary/aromatic N) is 2. The summed E-state index contributed by atoms with van der Waals surface area (Å²) in [5, 5.41) is 6.86. The van der Waals surface area contributed by atoms with Gasteiger partial charge in [-0.3, -0.25) is 14.7 Å². The van der Waals surface area contributed by atoms with E-state index in [0.717, 1.165) is 11.3 Å². The van der Waals surface area contributed by atoms with Gasteiger partial charge in [0.1, 0.15) is 11.4 Å². The molecule has 8 heteroatoms. The number of carbonyl (C=O) groups is 2. The van der Waals surface area contributed by atoms with Crippen LogP contribution in [0.3, 0.4) is 0 Å². The molecule has 2 aliphatic heterocycles. The summed E-state index contributed by atoms with van der Waals surface area (Å²) in [5.74, 6) is -0.787. The number of likely N-dealkylation sites (tertiary alicyclic amines) is 1. The molecule has 3 heterocycles. The standard InChI is InChI=1S/C24H22FN3O4/c1-31-20-6-5-19-21(22(20)25)18(29)14-24(32-19)8-11-28(12-9-24)23(30)16-4-2-3-15(13-16)17-7-10-26-27-17/h2-7,10,13H,8-9,11-12,14H2,1H3,(H,26,27). The minimum atomic E-state index is -0.723. The van der Waals surface area contributed by atoms with Crippen LogP contribution in [0.4, 0.5) is 4.39 Å². The summed E-state index contributed by atoms with van der Waals surface area (Å²) < 4.78 is 25.7. The molecule has 1 N–H and O–H groups in total. The monoisotopic (exact) mass is 435 g/mol. The third-order valence-electron chi connectivity index (χ3n) is 6.26. The molecule has 2 aromatic carbocycles. The Kier molecular flexibility index (Phi) is 4.92. The van der Waals surface area contributed by atoms with Crippen molar-refractivity contribution < 1.29 is 23.5 Å². The van der Waals surface area contributed by atoms with Crippen LogP contribution in [0.2, 0.25) is 0 Å². The van der Waals surface area contributed by atoms with E-state index in [1.807, 2.05) is 24.3 Å². The topological polar surface area (TPSA) is 84.5 Å². The molecule has 3 aromatic rings. The van der Waals surface area contributed by atoms with Crippen LogP contribution in [-0.2, 0) is 0 Å². The minimum Gasteiger partial charge on any atom is -0.494 e. The molecule has 7 nitrogen and oxygen atoms in total. The lowest BCUT2D eigenvalue weighted by Crippen LogP contribution is -2.52. The zero-order valence-corrected chi connectivity index (χ0v) is 17.6. The first kappa shape index (κ1) is 20.2. The van der Waals surface area contributed by atoms with Crippen molar-refractivity contribution >= 4 is 11.7 Å². The molecule has 0 unspecified atom stereocenters. The predicted molar refractivity (Wildman–Crippen MR) is 114 cm³/mol. The number of benzene rings is 2. The number of ether oxygens (including phenoxy) is 2. The Morgan fingerprint density at radius 1 is 1.22 bits per heavy atom. The van der Waals surface area contributed by atoms with Crippen LogP contribution in [0.1, 0.15) is 40.0 Å². The van der Waals surface area contributed by atoms with Gasteiger partial charge in [0.15, 0.2) is 17.3 Å². The van der Waals surface area contributed by atoms with Crippen LogP contribution in [0.25, 0.3) is 11.3 Å². The minimum absolute atomic E-state index is 0.0226. The van der Waals surface area contributed by atoms with Gasteiger partial charge in [-0.2, -0.15) is 5.10 Å². The Morgan fingerprint density at radius 3 is 2.75 bits per heavy atom. The number of H-pyrrole nitrogens is 1. The Bertz CT molecular complexity index is 1180. The molecular formula is C24H22FN3O4. The van der Waals surface area contributed by atoms with Crippen molar-refractivity contribution in [1.82, 2.24) is 15.1 Å². The number of piperidine rings is 1. The number of methoxy groups -OCH3 is 1. The van der Waals surface area contributed by atoms with E-state index in [1.165, 1.54) is 13.2 Å². The lowest BCUT2D eigenvalue weighted by Gasteiger charge is -2.44. The van der Waals surface area contributed by atoms with Crippen molar-refractivity contribution in [1.29, 1.82) is 0 Å². The van der Waals surface area contributed by atoms with Crippen molar-refractivity contribution in [3.8, 4) is 22.8 Å². The van der Waals surface area contributed by atoms with Gasteiger partial charge in [0.2, 0.25) is 0 Å². The molecule has 1 fully saturated rings. The molecule has 0 radical (unpaired) electrons. The molecule has 0 bridgehead atoms. The fourth-order valence-corrected chi connectivity index (χ4v) is 4.51. The van der Waals surface area contributed by atoms with Gasteiger partial charge in [0.05, 0.1) is 24.8 Å². The number of ketones is 1. The first-order valence-corrected chi connectivity index (χ1v) is 10.5. The van der Waals surface area contributed by atoms with Crippen molar-refractivity contribution in [2.75, 3.05) is 20.2 Å². The Labute approximate surface area is 184 Å². The maximum absolute atomic E-state index is 14.6. The average molecular weight is 435 g/mol. The van der Waals surface area contributed by atoms with Crippen LogP contribution in [-0.4, -0.2) is 52.6 Å². The number of halogens is 1. The number of aromatic amines is 1. The molecule has 0 saturated carbocycles. The van der Waals surface area contributed by atoms with Crippen molar-refractivity contribution in [3.05, 3.63) is 65.6 Å². The fraction of sp³-hybridized carbons (Fsp3) is 0.292. The zero-order valence-electron chi connectivity index (χ0n) is 17.6. The van der Waals surface area contributed by atoms with Gasteiger partial charge in [0.25, 0.3) is 5.91 Å². The molecule has 1 saturated heterocycles. The Morgan fingerprint density at radius 2 is 2.03 bits per heavy atom. The van der Waals surface area contributed by atoms with E-state index in [4.69, 9.17) is 9.47 Å². The molecule has 1 amide bonds. The molecular weight excluding hydrogens is 413 g/mol. The van der Waals surface area contributed by atoms with Crippen molar-refractivity contribution in [2.24, 2.45) is 0 Å². The van der Waals surface area contributed by atoms with Crippen molar-refractivity contribution in [3.63, 3.8) is 0 Å². The van der Waals surface area contributed by atoms with Crippen LogP contribution in [0.15, 0.2) is 48.7 Å². The quantitative estimate of drug-likeness (QED) is 0.675. The third kappa shape index (κ3) is 3.41. The highest BCUT2D eigenvalue weighted by Crippen LogP contribution is 2.42. The van der Waals surface area contributed by atoms with Gasteiger partial charge in [-0.1, -0.05) is 12.1 Å². The Balaban J connectivity index is 1.31. The highest BCUT2D eigenvalue weighted by molar-refractivity contribution is 6.01. The fourth-order valence-electron chi connectivity index (χ4n) is 4.51. The second-order valence-electron chi connectivity index (χ2n) is 8.18. The second kappa shape index (κ2) is 7.78. The largest absolute Gasteiger partial charge is 0.494 e. The van der Waals surface area contributed by atoms with Crippen molar-refractivity contribution in [2.45, 2.75) is 24.9 Å².